The number of hydrogen-bond acceptors (Lipinski definition) is 5. The van der Waals surface area contributed by atoms with E-state index in [0.717, 1.165) is 18.5 Å². The molecule has 0 unspecified atom stereocenters. The minimum absolute atomic E-state index is 0.0405. The van der Waals surface area contributed by atoms with Crippen molar-refractivity contribution in [3.05, 3.63) is 51.7 Å². The molecule has 37 heavy (non-hydrogen) atoms. The van der Waals surface area contributed by atoms with Crippen LogP contribution in [0.4, 0.5) is 32.2 Å². The van der Waals surface area contributed by atoms with Crippen LogP contribution >= 0.6 is 11.3 Å². The largest absolute Gasteiger partial charge is 0.416 e. The van der Waals surface area contributed by atoms with Gasteiger partial charge in [0, 0.05) is 36.2 Å². The Bertz CT molecular complexity index is 1300. The van der Waals surface area contributed by atoms with Crippen molar-refractivity contribution in [1.82, 2.24) is 19.4 Å². The molecule has 0 spiro atoms. The van der Waals surface area contributed by atoms with Crippen molar-refractivity contribution in [2.24, 2.45) is 4.99 Å². The standard InChI is InChI=1S/C24H21F6N5OS/c25-23(26,27)16-8-15(9-17(10-16)24(28,29)30)19-12-37-22(33-19)14-3-6-34(7-4-14)20(36)11-35-13-32-18-2-1-5-31-21(18)35/h5,8-10,12-14H,1-4,6-7,11H2. The van der Waals surface area contributed by atoms with E-state index in [9.17, 15) is 31.1 Å². The lowest BCUT2D eigenvalue weighted by Gasteiger charge is -2.31. The first-order chi connectivity index (χ1) is 17.5. The van der Waals surface area contributed by atoms with E-state index in [2.05, 4.69) is 15.0 Å². The summed E-state index contributed by atoms with van der Waals surface area (Å²) in [5.74, 6) is 0.595. The molecule has 0 N–H and O–H groups in total. The predicted molar refractivity (Wildman–Crippen MR) is 125 cm³/mol. The molecule has 2 aliphatic heterocycles. The Morgan fingerprint density at radius 3 is 2.35 bits per heavy atom. The molecule has 1 fully saturated rings. The molecule has 0 radical (unpaired) electrons. The van der Waals surface area contributed by atoms with Gasteiger partial charge in [0.25, 0.3) is 0 Å². The summed E-state index contributed by atoms with van der Waals surface area (Å²) >= 11 is 1.20. The van der Waals surface area contributed by atoms with Gasteiger partial charge in [-0.1, -0.05) is 0 Å². The summed E-state index contributed by atoms with van der Waals surface area (Å²) in [6, 6.07) is 1.48. The van der Waals surface area contributed by atoms with Crippen LogP contribution in [-0.2, 0) is 30.1 Å². The number of rotatable bonds is 4. The Morgan fingerprint density at radius 2 is 1.70 bits per heavy atom. The van der Waals surface area contributed by atoms with Crippen molar-refractivity contribution in [2.45, 2.75) is 50.5 Å². The fourth-order valence-corrected chi connectivity index (χ4v) is 5.54. The highest BCUT2D eigenvalue weighted by Crippen LogP contribution is 2.40. The van der Waals surface area contributed by atoms with Gasteiger partial charge in [0.15, 0.2) is 5.82 Å². The van der Waals surface area contributed by atoms with E-state index in [1.165, 1.54) is 16.7 Å². The summed E-state index contributed by atoms with van der Waals surface area (Å²) in [5, 5.41) is 2.11. The monoisotopic (exact) mass is 541 g/mol. The number of aromatic nitrogens is 3. The second-order valence-corrected chi connectivity index (χ2v) is 9.90. The number of aliphatic imine (C=N–C) groups is 1. The Hall–Kier alpha value is -3.22. The number of aryl methyl sites for hydroxylation is 1. The maximum atomic E-state index is 13.2. The highest BCUT2D eigenvalue weighted by molar-refractivity contribution is 7.10. The maximum Gasteiger partial charge on any atom is 0.416 e. The summed E-state index contributed by atoms with van der Waals surface area (Å²) < 4.78 is 81.1. The lowest BCUT2D eigenvalue weighted by molar-refractivity contribution is -0.143. The highest BCUT2D eigenvalue weighted by atomic mass is 32.1. The van der Waals surface area contributed by atoms with E-state index >= 15 is 0 Å². The van der Waals surface area contributed by atoms with E-state index in [0.29, 0.717) is 48.9 Å². The van der Waals surface area contributed by atoms with Crippen LogP contribution in [0, 0.1) is 0 Å². The van der Waals surface area contributed by atoms with E-state index in [1.54, 1.807) is 15.8 Å². The van der Waals surface area contributed by atoms with Crippen LogP contribution in [0.5, 0.6) is 0 Å². The van der Waals surface area contributed by atoms with Crippen LogP contribution in [0.15, 0.2) is 34.9 Å². The van der Waals surface area contributed by atoms with Gasteiger partial charge in [-0.15, -0.1) is 11.3 Å². The van der Waals surface area contributed by atoms with Crippen LogP contribution < -0.4 is 0 Å². The van der Waals surface area contributed by atoms with Gasteiger partial charge < -0.3 is 9.47 Å². The fraction of sp³-hybridized carbons (Fsp3) is 0.417. The molecule has 1 amide bonds. The summed E-state index contributed by atoms with van der Waals surface area (Å²) in [6.45, 7) is 1.07. The second-order valence-electron chi connectivity index (χ2n) is 9.01. The van der Waals surface area contributed by atoms with E-state index < -0.39 is 23.5 Å². The number of hydrogen-bond donors (Lipinski definition) is 0. The van der Waals surface area contributed by atoms with Crippen molar-refractivity contribution in [1.29, 1.82) is 0 Å². The van der Waals surface area contributed by atoms with Crippen LogP contribution in [0.2, 0.25) is 0 Å². The SMILES string of the molecule is O=C(Cn1cnc2c1N=CCC2)N1CCC(c2nc(-c3cc(C(F)(F)F)cc(C(F)(F)F)c3)cs2)CC1. The van der Waals surface area contributed by atoms with Gasteiger partial charge in [-0.25, -0.2) is 15.0 Å². The lowest BCUT2D eigenvalue weighted by atomic mass is 9.97. The van der Waals surface area contributed by atoms with Crippen molar-refractivity contribution in [3.63, 3.8) is 0 Å². The normalized spacial score (nSPS) is 16.8. The van der Waals surface area contributed by atoms with Crippen LogP contribution in [0.1, 0.15) is 47.0 Å². The minimum atomic E-state index is -4.92. The summed E-state index contributed by atoms with van der Waals surface area (Å²) in [5.41, 5.74) is -2.03. The molecule has 13 heteroatoms. The topological polar surface area (TPSA) is 63.4 Å². The van der Waals surface area contributed by atoms with E-state index in [-0.39, 0.29) is 35.7 Å². The van der Waals surface area contributed by atoms with Gasteiger partial charge >= 0.3 is 12.4 Å². The average Bonchev–Trinajstić information content (AvgIpc) is 3.51. The third-order valence-corrected chi connectivity index (χ3v) is 7.52. The van der Waals surface area contributed by atoms with E-state index in [4.69, 9.17) is 0 Å². The second kappa shape index (κ2) is 9.58. The number of halogens is 6. The molecule has 0 aliphatic carbocycles. The molecular weight excluding hydrogens is 520 g/mol. The van der Waals surface area contributed by atoms with Crippen molar-refractivity contribution < 1.29 is 31.1 Å². The van der Waals surface area contributed by atoms with Gasteiger partial charge in [-0.3, -0.25) is 4.79 Å². The Labute approximate surface area is 211 Å². The van der Waals surface area contributed by atoms with Crippen molar-refractivity contribution in [2.75, 3.05) is 13.1 Å². The number of carbonyl (C=O) groups is 1. The molecule has 5 rings (SSSR count). The average molecular weight is 542 g/mol. The predicted octanol–water partition coefficient (Wildman–Crippen LogP) is 6.10. The number of carbonyl (C=O) groups excluding carboxylic acids is 1. The molecule has 1 saturated heterocycles. The summed E-state index contributed by atoms with van der Waals surface area (Å²) in [4.78, 5) is 27.6. The van der Waals surface area contributed by atoms with Gasteiger partial charge in [-0.05, 0) is 43.9 Å². The Morgan fingerprint density at radius 1 is 1.03 bits per heavy atom. The molecule has 0 bridgehead atoms. The molecule has 3 aromatic rings. The first kappa shape index (κ1) is 25.4. The zero-order valence-corrected chi connectivity index (χ0v) is 20.1. The lowest BCUT2D eigenvalue weighted by Crippen LogP contribution is -2.39. The van der Waals surface area contributed by atoms with Crippen LogP contribution in [-0.4, -0.2) is 44.6 Å². The Kier molecular flexibility index (Phi) is 6.59. The van der Waals surface area contributed by atoms with Crippen molar-refractivity contribution in [3.8, 4) is 11.3 Å². The number of fused-ring (bicyclic) bond motifs is 1. The van der Waals surface area contributed by atoms with Gasteiger partial charge in [0.05, 0.1) is 33.8 Å². The third kappa shape index (κ3) is 5.41. The number of benzene rings is 1. The minimum Gasteiger partial charge on any atom is -0.341 e. The first-order valence-electron chi connectivity index (χ1n) is 11.6. The number of nitrogens with zero attached hydrogens (tertiary/aromatic N) is 5. The fourth-order valence-electron chi connectivity index (χ4n) is 4.54. The van der Waals surface area contributed by atoms with Gasteiger partial charge in [-0.2, -0.15) is 26.3 Å². The number of imidazole rings is 1. The molecule has 0 atom stereocenters. The van der Waals surface area contributed by atoms with E-state index in [1.807, 2.05) is 6.21 Å². The zero-order chi connectivity index (χ0) is 26.4. The number of thiazole rings is 1. The maximum absolute atomic E-state index is 13.2. The molecule has 2 aliphatic rings. The van der Waals surface area contributed by atoms with Gasteiger partial charge in [0.1, 0.15) is 6.54 Å². The highest BCUT2D eigenvalue weighted by Gasteiger charge is 2.37. The summed E-state index contributed by atoms with van der Waals surface area (Å²) in [6.07, 6.45) is -3.62. The number of amides is 1. The van der Waals surface area contributed by atoms with Crippen LogP contribution in [0.3, 0.4) is 0 Å². The van der Waals surface area contributed by atoms with Crippen LogP contribution in [0.25, 0.3) is 11.3 Å². The van der Waals surface area contributed by atoms with Crippen molar-refractivity contribution >= 4 is 29.3 Å². The van der Waals surface area contributed by atoms with Gasteiger partial charge in [0.2, 0.25) is 5.91 Å². The molecule has 4 heterocycles. The molecule has 0 saturated carbocycles. The molecule has 2 aromatic heterocycles. The third-order valence-electron chi connectivity index (χ3n) is 6.51. The smallest absolute Gasteiger partial charge is 0.341 e. The number of piperidine rings is 1. The molecule has 6 nitrogen and oxygen atoms in total. The number of likely N-dealkylation sites (tertiary alicyclic amines) is 1. The molecular formula is C24H21F6N5OS. The first-order valence-corrected chi connectivity index (χ1v) is 12.5. The molecule has 196 valence electrons. The molecule has 1 aromatic carbocycles. The zero-order valence-electron chi connectivity index (χ0n) is 19.3. The Balaban J connectivity index is 1.26. The summed E-state index contributed by atoms with van der Waals surface area (Å²) in [7, 11) is 0. The number of alkyl halides is 6. The quantitative estimate of drug-likeness (QED) is 0.375.